The highest BCUT2D eigenvalue weighted by Gasteiger charge is 2.18. The minimum Gasteiger partial charge on any atom is -0.423 e. The Hall–Kier alpha value is -7.14. The van der Waals surface area contributed by atoms with E-state index in [0.29, 0.717) is 5.46 Å². The van der Waals surface area contributed by atoms with Crippen LogP contribution < -0.4 is 5.46 Å². The number of nitrogens with zero attached hydrogens (tertiary/aromatic N) is 6. The highest BCUT2D eigenvalue weighted by Crippen LogP contribution is 2.39. The van der Waals surface area contributed by atoms with Gasteiger partial charge in [-0.25, -0.2) is 0 Å². The van der Waals surface area contributed by atoms with Crippen LogP contribution in [0, 0.1) is 0 Å². The first kappa shape index (κ1) is 47.8. The lowest BCUT2D eigenvalue weighted by Gasteiger charge is -2.10. The van der Waals surface area contributed by atoms with Gasteiger partial charge < -0.3 is 19.2 Å². The van der Waals surface area contributed by atoms with Gasteiger partial charge in [-0.2, -0.15) is 17.5 Å². The maximum Gasteiger partial charge on any atom is 0.488 e. The first-order chi connectivity index (χ1) is 36.3. The Morgan fingerprint density at radius 1 is 0.338 bits per heavy atom. The number of hydrogen-bond acceptors (Lipinski definition) is 8. The second-order valence-electron chi connectivity index (χ2n) is 17.5. The molecule has 2 N–H and O–H groups in total. The largest absolute Gasteiger partial charge is 0.488 e. The summed E-state index contributed by atoms with van der Waals surface area (Å²) < 4.78 is 24.8. The maximum absolute atomic E-state index is 9.57. The van der Waals surface area contributed by atoms with Crippen molar-refractivity contribution >= 4 is 150 Å². The van der Waals surface area contributed by atoms with Gasteiger partial charge in [0.2, 0.25) is 0 Å². The summed E-state index contributed by atoms with van der Waals surface area (Å²) in [5.41, 5.74) is 18.0. The number of halogens is 3. The van der Waals surface area contributed by atoms with Crippen molar-refractivity contribution in [3.8, 4) is 44.8 Å². The Morgan fingerprint density at radius 2 is 0.716 bits per heavy atom. The van der Waals surface area contributed by atoms with Crippen LogP contribution in [0.4, 0.5) is 0 Å². The number of benzene rings is 10. The fourth-order valence-electron chi connectivity index (χ4n) is 9.59. The van der Waals surface area contributed by atoms with Crippen LogP contribution in [-0.4, -0.2) is 43.8 Å². The van der Waals surface area contributed by atoms with Gasteiger partial charge in [-0.1, -0.05) is 146 Å². The van der Waals surface area contributed by atoms with Crippen LogP contribution in [0.5, 0.6) is 0 Å². The summed E-state index contributed by atoms with van der Waals surface area (Å²) in [6.45, 7) is 0. The molecule has 74 heavy (non-hydrogen) atoms. The smallest absolute Gasteiger partial charge is 0.423 e. The van der Waals surface area contributed by atoms with Gasteiger partial charge in [0.1, 0.15) is 22.1 Å². The third-order valence-corrected chi connectivity index (χ3v) is 16.1. The van der Waals surface area contributed by atoms with Crippen molar-refractivity contribution in [2.45, 2.75) is 0 Å². The summed E-state index contributed by atoms with van der Waals surface area (Å²) in [6, 6.07) is 75.4. The molecule has 0 amide bonds. The molecule has 14 heteroatoms. The minimum atomic E-state index is -1.48. The van der Waals surface area contributed by atoms with Crippen molar-refractivity contribution in [2.24, 2.45) is 0 Å². The van der Waals surface area contributed by atoms with Crippen LogP contribution >= 0.6 is 71.2 Å². The van der Waals surface area contributed by atoms with Crippen molar-refractivity contribution in [3.63, 3.8) is 0 Å². The summed E-state index contributed by atoms with van der Waals surface area (Å²) >= 11 is 12.9. The molecule has 0 saturated heterocycles. The minimum absolute atomic E-state index is 0.495. The van der Waals surface area contributed by atoms with E-state index in [1.807, 2.05) is 54.6 Å². The topological polar surface area (TPSA) is 102 Å². The molecule has 0 unspecified atom stereocenters. The SMILES string of the molecule is Brc1ccc(-c2ccc3c(c2)c2ccccc2n3-c2ccc(-c3ccccc3)cc2)c2nsnc12.Brc1ccc(Br)c2nsnc12.OB(O)c1ccc2c(c1)c1ccccc1n2-c1ccc(-c2ccccc2)cc1. The van der Waals surface area contributed by atoms with Crippen LogP contribution in [0.1, 0.15) is 0 Å². The van der Waals surface area contributed by atoms with Crippen molar-refractivity contribution in [3.05, 3.63) is 232 Å². The molecule has 0 saturated carbocycles. The summed E-state index contributed by atoms with van der Waals surface area (Å²) in [4.78, 5) is 0. The monoisotopic (exact) mass is 1190 g/mol. The molecular weight excluding hydrogens is 1150 g/mol. The summed E-state index contributed by atoms with van der Waals surface area (Å²) in [5, 5.41) is 23.7. The highest BCUT2D eigenvalue weighted by atomic mass is 79.9. The van der Waals surface area contributed by atoms with Gasteiger partial charge in [0.05, 0.1) is 45.5 Å². The number of hydrogen-bond donors (Lipinski definition) is 2. The molecule has 4 heterocycles. The van der Waals surface area contributed by atoms with Crippen LogP contribution in [0.25, 0.3) is 110 Å². The number of aromatic nitrogens is 6. The second-order valence-corrected chi connectivity index (χ2v) is 21.1. The zero-order valence-corrected chi connectivity index (χ0v) is 45.3. The fraction of sp³-hybridized carbons (Fsp3) is 0. The maximum atomic E-state index is 9.57. The van der Waals surface area contributed by atoms with Gasteiger partial charge in [-0.15, -0.1) is 0 Å². The van der Waals surface area contributed by atoms with E-state index in [0.717, 1.165) is 79.8 Å². The van der Waals surface area contributed by atoms with E-state index < -0.39 is 7.12 Å². The predicted octanol–water partition coefficient (Wildman–Crippen LogP) is 16.2. The lowest BCUT2D eigenvalue weighted by molar-refractivity contribution is 0.426. The zero-order chi connectivity index (χ0) is 50.3. The number of para-hydroxylation sites is 2. The first-order valence-electron chi connectivity index (χ1n) is 23.5. The normalized spacial score (nSPS) is 11.3. The van der Waals surface area contributed by atoms with Crippen molar-refractivity contribution in [1.82, 2.24) is 26.6 Å². The van der Waals surface area contributed by atoms with Gasteiger partial charge in [0, 0.05) is 51.9 Å². The molecule has 0 spiro atoms. The van der Waals surface area contributed by atoms with Gasteiger partial charge in [-0.05, 0) is 154 Å². The molecule has 0 aliphatic carbocycles. The van der Waals surface area contributed by atoms with E-state index in [9.17, 15) is 10.0 Å². The predicted molar refractivity (Wildman–Crippen MR) is 319 cm³/mol. The molecule has 0 bridgehead atoms. The lowest BCUT2D eigenvalue weighted by atomic mass is 9.80. The molecular formula is C60H38BBr3N6O2S2. The van der Waals surface area contributed by atoms with Gasteiger partial charge in [0.25, 0.3) is 0 Å². The van der Waals surface area contributed by atoms with Gasteiger partial charge in [0.15, 0.2) is 0 Å². The molecule has 14 rings (SSSR count). The average Bonchev–Trinajstić information content (AvgIpc) is 4.29. The van der Waals surface area contributed by atoms with Crippen molar-refractivity contribution in [1.29, 1.82) is 0 Å². The summed E-state index contributed by atoms with van der Waals surface area (Å²) in [7, 11) is -1.48. The Kier molecular flexibility index (Phi) is 13.3. The summed E-state index contributed by atoms with van der Waals surface area (Å²) in [6.07, 6.45) is 0. The Balaban J connectivity index is 0.000000127. The van der Waals surface area contributed by atoms with Gasteiger partial charge in [-0.3, -0.25) is 0 Å². The molecule has 0 aliphatic heterocycles. The number of rotatable bonds is 6. The van der Waals surface area contributed by atoms with E-state index in [-0.39, 0.29) is 0 Å². The quantitative estimate of drug-likeness (QED) is 0.161. The first-order valence-corrected chi connectivity index (χ1v) is 27.3. The van der Waals surface area contributed by atoms with E-state index >= 15 is 0 Å². The van der Waals surface area contributed by atoms with Crippen LogP contribution in [-0.2, 0) is 0 Å². The highest BCUT2D eigenvalue weighted by molar-refractivity contribution is 9.11. The third-order valence-electron chi connectivity index (χ3n) is 13.1. The fourth-order valence-corrected chi connectivity index (χ4v) is 12.3. The molecule has 0 fully saturated rings. The molecule has 0 atom stereocenters. The Labute approximate surface area is 459 Å². The van der Waals surface area contributed by atoms with Crippen LogP contribution in [0.3, 0.4) is 0 Å². The van der Waals surface area contributed by atoms with Gasteiger partial charge >= 0.3 is 7.12 Å². The third kappa shape index (κ3) is 9.06. The molecule has 0 aliphatic rings. The number of fused-ring (bicyclic) bond motifs is 8. The molecule has 0 radical (unpaired) electrons. The van der Waals surface area contributed by atoms with E-state index in [1.165, 1.54) is 67.5 Å². The van der Waals surface area contributed by atoms with E-state index in [2.05, 4.69) is 232 Å². The zero-order valence-electron chi connectivity index (χ0n) is 38.9. The van der Waals surface area contributed by atoms with Crippen molar-refractivity contribution in [2.75, 3.05) is 0 Å². The Morgan fingerprint density at radius 3 is 1.22 bits per heavy atom. The van der Waals surface area contributed by atoms with Crippen LogP contribution in [0.15, 0.2) is 232 Å². The second kappa shape index (κ2) is 20.6. The van der Waals surface area contributed by atoms with E-state index in [1.54, 1.807) is 6.07 Å². The molecule has 356 valence electrons. The molecule has 8 nitrogen and oxygen atoms in total. The molecule has 4 aromatic heterocycles. The standard InChI is InChI=1S/C30H18BrN3S.C24H18BNO2.C6H2Br2N2S/c31-26-16-15-23(29-30(26)33-35-32-29)21-12-17-28-25(18-21)24-8-4-5-9-27(24)34(28)22-13-10-20(11-14-22)19-6-2-1-3-7-19;27-25(28)19-12-15-24-22(16-19)21-8-4-5-9-23(21)26(24)20-13-10-18(11-14-20)17-6-2-1-3-7-17;7-3-1-2-4(8)6-5(3)9-11-10-6/h1-18H;1-16,27-28H;1-2H. The summed E-state index contributed by atoms with van der Waals surface area (Å²) in [5.74, 6) is 0. The van der Waals surface area contributed by atoms with E-state index in [4.69, 9.17) is 0 Å². The van der Waals surface area contributed by atoms with Crippen molar-refractivity contribution < 1.29 is 10.0 Å². The van der Waals surface area contributed by atoms with Crippen LogP contribution in [0.2, 0.25) is 0 Å². The lowest BCUT2D eigenvalue weighted by Crippen LogP contribution is -2.29. The molecule has 10 aromatic carbocycles. The Bertz CT molecular complexity index is 4300. The average molecular weight is 1190 g/mol. The molecule has 14 aromatic rings.